The van der Waals surface area contributed by atoms with Gasteiger partial charge in [0.05, 0.1) is 11.1 Å². The number of nitrogens with zero attached hydrogens (tertiary/aromatic N) is 1. The summed E-state index contributed by atoms with van der Waals surface area (Å²) in [4.78, 5) is 16.1. The fourth-order valence-corrected chi connectivity index (χ4v) is 2.69. The Bertz CT molecular complexity index is 928. The summed E-state index contributed by atoms with van der Waals surface area (Å²) in [6.45, 7) is -0.0408. The van der Waals surface area contributed by atoms with E-state index in [-0.39, 0.29) is 17.7 Å². The van der Waals surface area contributed by atoms with Crippen molar-refractivity contribution in [3.8, 4) is 5.75 Å². The number of hydrogen-bond acceptors (Lipinski definition) is 4. The molecule has 0 saturated carbocycles. The van der Waals surface area contributed by atoms with E-state index in [0.29, 0.717) is 5.75 Å². The Hall–Kier alpha value is -2.54. The number of para-hydroxylation sites is 1. The van der Waals surface area contributed by atoms with Crippen molar-refractivity contribution >= 4 is 32.8 Å². The zero-order valence-electron chi connectivity index (χ0n) is 12.8. The van der Waals surface area contributed by atoms with Gasteiger partial charge in [-0.1, -0.05) is 28.1 Å². The molecule has 2 aromatic carbocycles. The van der Waals surface area contributed by atoms with Gasteiger partial charge in [-0.3, -0.25) is 4.98 Å². The smallest absolute Gasteiger partial charge is 0.341 e. The normalized spacial score (nSPS) is 10.7. The summed E-state index contributed by atoms with van der Waals surface area (Å²) in [5.41, 5.74) is 0.310. The van der Waals surface area contributed by atoms with Gasteiger partial charge >= 0.3 is 5.97 Å². The van der Waals surface area contributed by atoms with E-state index in [1.807, 2.05) is 24.3 Å². The van der Waals surface area contributed by atoms with Gasteiger partial charge in [-0.2, -0.15) is 0 Å². The Morgan fingerprint density at radius 1 is 1.12 bits per heavy atom. The fraction of sp³-hybridized carbons (Fsp3) is 0.111. The number of carbonyl (C=O) groups excluding carboxylic acids is 1. The lowest BCUT2D eigenvalue weighted by Gasteiger charge is -2.10. The third-order valence-corrected chi connectivity index (χ3v) is 3.85. The number of hydrogen-bond donors (Lipinski definition) is 0. The number of fused-ring (bicyclic) bond motifs is 1. The molecule has 0 N–H and O–H groups in total. The van der Waals surface area contributed by atoms with Crippen LogP contribution in [0.1, 0.15) is 10.4 Å². The number of benzene rings is 2. The molecule has 0 fully saturated rings. The number of ether oxygens (including phenoxy) is 2. The van der Waals surface area contributed by atoms with E-state index in [4.69, 9.17) is 9.47 Å². The topological polar surface area (TPSA) is 48.4 Å². The molecule has 0 aliphatic heterocycles. The molecule has 7 heteroatoms. The number of halogens is 3. The highest BCUT2D eigenvalue weighted by Gasteiger charge is 2.18. The SMILES string of the molecule is O=C(OCCOc1ccnc2ccccc12)c1cc(Br)cc(F)c1F. The monoisotopic (exact) mass is 407 g/mol. The van der Waals surface area contributed by atoms with Gasteiger partial charge in [0.25, 0.3) is 0 Å². The van der Waals surface area contributed by atoms with Gasteiger partial charge in [-0.05, 0) is 30.3 Å². The molecular weight excluding hydrogens is 396 g/mol. The molecule has 1 aromatic heterocycles. The van der Waals surface area contributed by atoms with Crippen molar-refractivity contribution in [1.29, 1.82) is 0 Å². The van der Waals surface area contributed by atoms with Crippen molar-refractivity contribution < 1.29 is 23.0 Å². The lowest BCUT2D eigenvalue weighted by Crippen LogP contribution is -2.14. The molecule has 0 saturated heterocycles. The van der Waals surface area contributed by atoms with E-state index in [1.54, 1.807) is 12.3 Å². The summed E-state index contributed by atoms with van der Waals surface area (Å²) in [6.07, 6.45) is 1.61. The summed E-state index contributed by atoms with van der Waals surface area (Å²) in [6, 6.07) is 11.2. The first-order valence-corrected chi connectivity index (χ1v) is 8.14. The maximum absolute atomic E-state index is 13.6. The standard InChI is InChI=1S/C18H12BrF2NO3/c19-11-9-13(17(21)14(20)10-11)18(23)25-8-7-24-16-5-6-22-15-4-2-1-3-12(15)16/h1-6,9-10H,7-8H2. The Morgan fingerprint density at radius 3 is 2.76 bits per heavy atom. The number of carbonyl (C=O) groups is 1. The average molecular weight is 408 g/mol. The zero-order chi connectivity index (χ0) is 17.8. The van der Waals surface area contributed by atoms with Crippen molar-refractivity contribution in [3.63, 3.8) is 0 Å². The van der Waals surface area contributed by atoms with Crippen LogP contribution in [0.4, 0.5) is 8.78 Å². The predicted molar refractivity (Wildman–Crippen MR) is 91.6 cm³/mol. The first-order chi connectivity index (χ1) is 12.1. The van der Waals surface area contributed by atoms with Crippen LogP contribution in [0.3, 0.4) is 0 Å². The molecule has 0 bridgehead atoms. The van der Waals surface area contributed by atoms with E-state index < -0.39 is 23.2 Å². The molecule has 0 radical (unpaired) electrons. The quantitative estimate of drug-likeness (QED) is 0.354. The summed E-state index contributed by atoms with van der Waals surface area (Å²) in [5, 5.41) is 0.830. The van der Waals surface area contributed by atoms with Gasteiger partial charge in [-0.15, -0.1) is 0 Å². The van der Waals surface area contributed by atoms with Gasteiger partial charge in [-0.25, -0.2) is 13.6 Å². The first-order valence-electron chi connectivity index (χ1n) is 7.34. The van der Waals surface area contributed by atoms with Gasteiger partial charge in [0.2, 0.25) is 0 Å². The highest BCUT2D eigenvalue weighted by molar-refractivity contribution is 9.10. The van der Waals surface area contributed by atoms with E-state index in [1.165, 1.54) is 0 Å². The van der Waals surface area contributed by atoms with Crippen molar-refractivity contribution in [2.45, 2.75) is 0 Å². The van der Waals surface area contributed by atoms with Crippen molar-refractivity contribution in [1.82, 2.24) is 4.98 Å². The molecule has 3 rings (SSSR count). The van der Waals surface area contributed by atoms with E-state index >= 15 is 0 Å². The number of esters is 1. The molecule has 0 amide bonds. The summed E-state index contributed by atoms with van der Waals surface area (Å²) < 4.78 is 37.7. The molecule has 25 heavy (non-hydrogen) atoms. The molecule has 0 unspecified atom stereocenters. The Kier molecular flexibility index (Phi) is 5.23. The highest BCUT2D eigenvalue weighted by Crippen LogP contribution is 2.23. The van der Waals surface area contributed by atoms with Gasteiger partial charge in [0.15, 0.2) is 11.6 Å². The van der Waals surface area contributed by atoms with Crippen LogP contribution in [0.2, 0.25) is 0 Å². The molecule has 0 atom stereocenters. The molecule has 0 aliphatic rings. The number of rotatable bonds is 5. The van der Waals surface area contributed by atoms with Crippen LogP contribution in [-0.4, -0.2) is 24.2 Å². The Labute approximate surface area is 150 Å². The number of aromatic nitrogens is 1. The fourth-order valence-electron chi connectivity index (χ4n) is 2.26. The molecule has 0 spiro atoms. The zero-order valence-corrected chi connectivity index (χ0v) is 14.4. The lowest BCUT2D eigenvalue weighted by molar-refractivity contribution is 0.0445. The third-order valence-electron chi connectivity index (χ3n) is 3.40. The van der Waals surface area contributed by atoms with Crippen LogP contribution in [0.15, 0.2) is 53.1 Å². The Balaban J connectivity index is 1.61. The minimum absolute atomic E-state index is 0.0673. The van der Waals surface area contributed by atoms with E-state index in [9.17, 15) is 13.6 Å². The summed E-state index contributed by atoms with van der Waals surface area (Å²) >= 11 is 3.01. The van der Waals surface area contributed by atoms with Crippen LogP contribution in [0.25, 0.3) is 10.9 Å². The Morgan fingerprint density at radius 2 is 1.92 bits per heavy atom. The van der Waals surface area contributed by atoms with Crippen molar-refractivity contribution in [3.05, 3.63) is 70.3 Å². The number of pyridine rings is 1. The summed E-state index contributed by atoms with van der Waals surface area (Å²) in [7, 11) is 0. The highest BCUT2D eigenvalue weighted by atomic mass is 79.9. The predicted octanol–water partition coefficient (Wildman–Crippen LogP) is 4.51. The molecule has 4 nitrogen and oxygen atoms in total. The first kappa shape index (κ1) is 17.3. The largest absolute Gasteiger partial charge is 0.489 e. The molecule has 1 heterocycles. The average Bonchev–Trinajstić information content (AvgIpc) is 2.61. The van der Waals surface area contributed by atoms with Gasteiger partial charge in [0, 0.05) is 16.1 Å². The molecule has 3 aromatic rings. The van der Waals surface area contributed by atoms with Crippen molar-refractivity contribution in [2.24, 2.45) is 0 Å². The van der Waals surface area contributed by atoms with Crippen LogP contribution in [-0.2, 0) is 4.74 Å². The van der Waals surface area contributed by atoms with Crippen LogP contribution in [0.5, 0.6) is 5.75 Å². The summed E-state index contributed by atoms with van der Waals surface area (Å²) in [5.74, 6) is -2.72. The van der Waals surface area contributed by atoms with E-state index in [0.717, 1.165) is 23.0 Å². The maximum atomic E-state index is 13.6. The van der Waals surface area contributed by atoms with Crippen LogP contribution < -0.4 is 4.74 Å². The maximum Gasteiger partial charge on any atom is 0.341 e. The van der Waals surface area contributed by atoms with E-state index in [2.05, 4.69) is 20.9 Å². The second-order valence-electron chi connectivity index (χ2n) is 5.06. The van der Waals surface area contributed by atoms with Gasteiger partial charge < -0.3 is 9.47 Å². The van der Waals surface area contributed by atoms with Crippen LogP contribution >= 0.6 is 15.9 Å². The second-order valence-corrected chi connectivity index (χ2v) is 5.98. The van der Waals surface area contributed by atoms with Crippen LogP contribution in [0, 0.1) is 11.6 Å². The molecular formula is C18H12BrF2NO3. The minimum Gasteiger partial charge on any atom is -0.489 e. The van der Waals surface area contributed by atoms with Crippen molar-refractivity contribution in [2.75, 3.05) is 13.2 Å². The van der Waals surface area contributed by atoms with Gasteiger partial charge in [0.1, 0.15) is 19.0 Å². The second kappa shape index (κ2) is 7.57. The molecule has 0 aliphatic carbocycles. The lowest BCUT2D eigenvalue weighted by atomic mass is 10.2. The third kappa shape index (κ3) is 3.93. The molecule has 128 valence electrons. The minimum atomic E-state index is -1.24.